The average Bonchev–Trinajstić information content (AvgIpc) is 2.72. The molecule has 0 amide bonds. The number of nitrogen functional groups attached to an aromatic ring is 1. The van der Waals surface area contributed by atoms with Gasteiger partial charge in [-0.25, -0.2) is 9.78 Å². The first kappa shape index (κ1) is 22.4. The van der Waals surface area contributed by atoms with E-state index in [0.717, 1.165) is 10.6 Å². The fraction of sp³-hybridized carbons (Fsp3) is 0.174. The van der Waals surface area contributed by atoms with Gasteiger partial charge in [0.25, 0.3) is 5.56 Å². The maximum absolute atomic E-state index is 13.7. The molecule has 0 aliphatic heterocycles. The van der Waals surface area contributed by atoms with Crippen LogP contribution in [0.15, 0.2) is 52.1 Å². The van der Waals surface area contributed by atoms with Gasteiger partial charge >= 0.3 is 5.69 Å². The van der Waals surface area contributed by atoms with Gasteiger partial charge in [-0.15, -0.1) is 0 Å². The minimum absolute atomic E-state index is 0.0774. The second kappa shape index (κ2) is 9.22. The zero-order valence-electron chi connectivity index (χ0n) is 17.4. The van der Waals surface area contributed by atoms with Gasteiger partial charge in [0.2, 0.25) is 11.7 Å². The third-order valence-electron chi connectivity index (χ3n) is 4.74. The van der Waals surface area contributed by atoms with Crippen LogP contribution >= 0.6 is 0 Å². The molecular formula is C23H20FN5O3. The molecule has 0 fully saturated rings. The Hall–Kier alpha value is -4.32. The Morgan fingerprint density at radius 3 is 2.72 bits per heavy atom. The predicted molar refractivity (Wildman–Crippen MR) is 118 cm³/mol. The van der Waals surface area contributed by atoms with Crippen molar-refractivity contribution in [1.82, 2.24) is 14.5 Å². The molecule has 3 N–H and O–H groups in total. The second-order valence-corrected chi connectivity index (χ2v) is 7.40. The van der Waals surface area contributed by atoms with Crippen LogP contribution in [0.25, 0.3) is 6.08 Å². The molecule has 162 valence electrons. The summed E-state index contributed by atoms with van der Waals surface area (Å²) in [6.45, 7) is 3.26. The molecule has 3 aromatic rings. The van der Waals surface area contributed by atoms with Crippen LogP contribution < -0.4 is 17.0 Å². The largest absolute Gasteiger partial charge is 0.384 e. The van der Waals surface area contributed by atoms with Gasteiger partial charge in [-0.2, -0.15) is 9.65 Å². The number of aromatic amines is 1. The number of aromatic nitrogens is 3. The van der Waals surface area contributed by atoms with Crippen LogP contribution in [0.2, 0.25) is 0 Å². The second-order valence-electron chi connectivity index (χ2n) is 7.40. The highest BCUT2D eigenvalue weighted by molar-refractivity contribution is 6.09. The van der Waals surface area contributed by atoms with Gasteiger partial charge in [0.15, 0.2) is 0 Å². The number of nitrogens with zero attached hydrogens (tertiary/aromatic N) is 3. The molecule has 0 atom stereocenters. The van der Waals surface area contributed by atoms with E-state index in [1.54, 1.807) is 38.1 Å². The third-order valence-corrected chi connectivity index (χ3v) is 4.74. The van der Waals surface area contributed by atoms with Crippen LogP contribution in [-0.2, 0) is 6.54 Å². The van der Waals surface area contributed by atoms with E-state index in [9.17, 15) is 18.8 Å². The number of carbonyl (C=O) groups excluding carboxylic acids is 1. The lowest BCUT2D eigenvalue weighted by Gasteiger charge is -2.18. The van der Waals surface area contributed by atoms with E-state index in [4.69, 9.17) is 11.0 Å². The molecule has 2 aromatic heterocycles. The lowest BCUT2D eigenvalue weighted by Crippen LogP contribution is -2.38. The van der Waals surface area contributed by atoms with E-state index in [1.807, 2.05) is 6.07 Å². The van der Waals surface area contributed by atoms with Crippen molar-refractivity contribution >= 4 is 17.7 Å². The van der Waals surface area contributed by atoms with Crippen LogP contribution in [-0.4, -0.2) is 20.3 Å². The smallest absolute Gasteiger partial charge is 0.329 e. The Morgan fingerprint density at radius 1 is 1.31 bits per heavy atom. The average molecular weight is 433 g/mol. The quantitative estimate of drug-likeness (QED) is 0.349. The monoisotopic (exact) mass is 433 g/mol. The fourth-order valence-corrected chi connectivity index (χ4v) is 3.42. The molecule has 0 radical (unpaired) electrons. The summed E-state index contributed by atoms with van der Waals surface area (Å²) >= 11 is 0. The first-order valence-corrected chi connectivity index (χ1v) is 9.71. The maximum Gasteiger partial charge on any atom is 0.329 e. The molecule has 0 aliphatic carbocycles. The van der Waals surface area contributed by atoms with Gasteiger partial charge in [-0.05, 0) is 41.3 Å². The molecular weight excluding hydrogens is 413 g/mol. The zero-order chi connectivity index (χ0) is 23.4. The van der Waals surface area contributed by atoms with Crippen molar-refractivity contribution in [3.8, 4) is 6.07 Å². The van der Waals surface area contributed by atoms with Gasteiger partial charge in [0, 0.05) is 17.2 Å². The van der Waals surface area contributed by atoms with Crippen LogP contribution in [0.4, 0.5) is 10.2 Å². The number of H-pyrrole nitrogens is 1. The Kier molecular flexibility index (Phi) is 6.45. The number of allylic oxidation sites excluding steroid dienone is 1. The van der Waals surface area contributed by atoms with Gasteiger partial charge in [-0.3, -0.25) is 19.1 Å². The fourth-order valence-electron chi connectivity index (χ4n) is 3.42. The highest BCUT2D eigenvalue weighted by Crippen LogP contribution is 2.20. The molecule has 2 heterocycles. The van der Waals surface area contributed by atoms with E-state index in [0.29, 0.717) is 11.1 Å². The lowest BCUT2D eigenvalue weighted by atomic mass is 9.96. The Labute approximate surface area is 182 Å². The summed E-state index contributed by atoms with van der Waals surface area (Å²) in [5.74, 6) is -1.84. The van der Waals surface area contributed by atoms with Crippen LogP contribution in [0.3, 0.4) is 0 Å². The number of pyridine rings is 1. The summed E-state index contributed by atoms with van der Waals surface area (Å²) in [5.41, 5.74) is 5.32. The van der Waals surface area contributed by atoms with Crippen molar-refractivity contribution in [1.29, 1.82) is 5.26 Å². The molecule has 8 nitrogen and oxygen atoms in total. The van der Waals surface area contributed by atoms with E-state index >= 15 is 0 Å². The number of benzene rings is 1. The number of carbonyl (C=O) groups is 1. The lowest BCUT2D eigenvalue weighted by molar-refractivity contribution is 0.102. The summed E-state index contributed by atoms with van der Waals surface area (Å²) in [4.78, 5) is 44.6. The van der Waals surface area contributed by atoms with Crippen molar-refractivity contribution in [2.24, 2.45) is 0 Å². The number of nitrogens with two attached hydrogens (primary N) is 1. The van der Waals surface area contributed by atoms with E-state index in [2.05, 4.69) is 9.97 Å². The molecule has 3 rings (SSSR count). The number of nitrogens with one attached hydrogen (secondary N) is 1. The van der Waals surface area contributed by atoms with Crippen LogP contribution in [0.5, 0.6) is 0 Å². The molecule has 0 saturated carbocycles. The van der Waals surface area contributed by atoms with Crippen molar-refractivity contribution in [3.63, 3.8) is 0 Å². The number of nitriles is 1. The summed E-state index contributed by atoms with van der Waals surface area (Å²) in [6, 6.07) is 10.8. The van der Waals surface area contributed by atoms with Crippen molar-refractivity contribution in [2.75, 3.05) is 5.73 Å². The first-order chi connectivity index (χ1) is 15.2. The van der Waals surface area contributed by atoms with Crippen molar-refractivity contribution in [2.45, 2.75) is 26.3 Å². The molecule has 32 heavy (non-hydrogen) atoms. The molecule has 0 spiro atoms. The van der Waals surface area contributed by atoms with Gasteiger partial charge in [0.05, 0.1) is 12.6 Å². The summed E-state index contributed by atoms with van der Waals surface area (Å²) in [6.07, 6.45) is 2.81. The minimum atomic E-state index is -0.827. The Balaban J connectivity index is 2.24. The SMILES string of the molecule is CC(C)c1c(C(=O)c2cccc(C=CC#N)c2)n(Cc2cc(N)nc(F)c2)c(=O)[nH]c1=O. The van der Waals surface area contributed by atoms with E-state index in [1.165, 1.54) is 18.2 Å². The molecule has 0 saturated heterocycles. The minimum Gasteiger partial charge on any atom is -0.384 e. The van der Waals surface area contributed by atoms with Crippen molar-refractivity contribution in [3.05, 3.63) is 97.2 Å². The Morgan fingerprint density at radius 2 is 2.06 bits per heavy atom. The Bertz CT molecular complexity index is 1360. The number of hydrogen-bond acceptors (Lipinski definition) is 6. The number of halogens is 1. The topological polar surface area (TPSA) is 135 Å². The third kappa shape index (κ3) is 4.70. The number of anilines is 1. The van der Waals surface area contributed by atoms with E-state index < -0.39 is 23.0 Å². The molecule has 0 aliphatic rings. The van der Waals surface area contributed by atoms with Crippen molar-refractivity contribution < 1.29 is 9.18 Å². The predicted octanol–water partition coefficient (Wildman–Crippen LogP) is 2.59. The standard InChI is InChI=1S/C23H20FN5O3/c1-13(2)19-20(21(30)16-7-3-5-14(9-16)6-4-8-25)29(23(32)28-22(19)31)12-15-10-17(24)27-18(26)11-15/h3-7,9-11,13H,12H2,1-2H3,(H2,26,27)(H,28,31,32). The zero-order valence-corrected chi connectivity index (χ0v) is 17.4. The summed E-state index contributed by atoms with van der Waals surface area (Å²) in [7, 11) is 0. The number of hydrogen-bond donors (Lipinski definition) is 2. The normalized spacial score (nSPS) is 11.1. The van der Waals surface area contributed by atoms with Gasteiger partial charge < -0.3 is 5.73 Å². The highest BCUT2D eigenvalue weighted by Gasteiger charge is 2.25. The number of rotatable bonds is 6. The highest BCUT2D eigenvalue weighted by atomic mass is 19.1. The first-order valence-electron chi connectivity index (χ1n) is 9.71. The summed E-state index contributed by atoms with van der Waals surface area (Å²) in [5, 5.41) is 8.74. The molecule has 0 unspecified atom stereocenters. The van der Waals surface area contributed by atoms with E-state index in [-0.39, 0.29) is 35.1 Å². The number of ketones is 1. The maximum atomic E-state index is 13.7. The van der Waals surface area contributed by atoms with Crippen LogP contribution in [0.1, 0.15) is 52.5 Å². The van der Waals surface area contributed by atoms with Gasteiger partial charge in [0.1, 0.15) is 11.5 Å². The molecule has 1 aromatic carbocycles. The molecule has 9 heteroatoms. The molecule has 0 bridgehead atoms. The summed E-state index contributed by atoms with van der Waals surface area (Å²) < 4.78 is 14.8. The van der Waals surface area contributed by atoms with Gasteiger partial charge in [-0.1, -0.05) is 32.0 Å². The van der Waals surface area contributed by atoms with Crippen LogP contribution in [0, 0.1) is 17.3 Å².